The molecule has 3 rings (SSSR count). The van der Waals surface area contributed by atoms with Crippen LogP contribution in [0.4, 0.5) is 10.5 Å². The van der Waals surface area contributed by atoms with Gasteiger partial charge in [0.1, 0.15) is 18.0 Å². The predicted octanol–water partition coefficient (Wildman–Crippen LogP) is 4.46. The Balaban J connectivity index is 1.74. The molecule has 1 amide bonds. The SMILES string of the molecule is COCCOc1cccc(-c2cc3cc(NC(=O)OCC(C)C)cnc3[nH]2)c1. The van der Waals surface area contributed by atoms with Crippen LogP contribution in [0.15, 0.2) is 42.6 Å². The number of nitrogens with one attached hydrogen (secondary N) is 2. The quantitative estimate of drug-likeness (QED) is 0.561. The highest BCUT2D eigenvalue weighted by atomic mass is 16.5. The molecule has 0 aliphatic heterocycles. The molecule has 0 unspecified atom stereocenters. The van der Waals surface area contributed by atoms with Gasteiger partial charge < -0.3 is 19.2 Å². The van der Waals surface area contributed by atoms with Crippen LogP contribution in [0.25, 0.3) is 22.3 Å². The number of aromatic amines is 1. The van der Waals surface area contributed by atoms with Gasteiger partial charge in [0.2, 0.25) is 0 Å². The molecule has 0 bridgehead atoms. The normalized spacial score (nSPS) is 11.0. The Morgan fingerprint density at radius 1 is 1.21 bits per heavy atom. The number of carbonyl (C=O) groups excluding carboxylic acids is 1. The van der Waals surface area contributed by atoms with E-state index in [1.54, 1.807) is 13.3 Å². The maximum Gasteiger partial charge on any atom is 0.411 e. The van der Waals surface area contributed by atoms with E-state index in [0.29, 0.717) is 25.5 Å². The second-order valence-corrected chi connectivity index (χ2v) is 6.83. The molecular formula is C21H25N3O4. The van der Waals surface area contributed by atoms with Crippen LogP contribution in [0.3, 0.4) is 0 Å². The first kappa shape index (κ1) is 19.7. The highest BCUT2D eigenvalue weighted by molar-refractivity contribution is 5.90. The molecule has 2 aromatic heterocycles. The monoisotopic (exact) mass is 383 g/mol. The molecule has 7 heteroatoms. The van der Waals surface area contributed by atoms with Crippen LogP contribution in [0, 0.1) is 5.92 Å². The van der Waals surface area contributed by atoms with Crippen LogP contribution in [0.2, 0.25) is 0 Å². The summed E-state index contributed by atoms with van der Waals surface area (Å²) in [5.74, 6) is 1.06. The first-order valence-corrected chi connectivity index (χ1v) is 9.20. The lowest BCUT2D eigenvalue weighted by Gasteiger charge is -2.08. The van der Waals surface area contributed by atoms with Crippen LogP contribution >= 0.6 is 0 Å². The number of methoxy groups -OCH3 is 1. The van der Waals surface area contributed by atoms with Crippen molar-refractivity contribution in [3.63, 3.8) is 0 Å². The Morgan fingerprint density at radius 2 is 2.07 bits per heavy atom. The first-order valence-electron chi connectivity index (χ1n) is 9.20. The molecule has 0 saturated carbocycles. The summed E-state index contributed by atoms with van der Waals surface area (Å²) < 4.78 is 15.8. The standard InChI is InChI=1S/C21H25N3O4/c1-14(2)13-28-21(25)23-17-9-16-11-19(24-20(16)22-12-17)15-5-4-6-18(10-15)27-8-7-26-3/h4-6,9-12,14H,7-8,13H2,1-3H3,(H,22,24)(H,23,25). The Labute approximate surface area is 164 Å². The van der Waals surface area contributed by atoms with E-state index in [2.05, 4.69) is 15.3 Å². The van der Waals surface area contributed by atoms with Crippen molar-refractivity contribution in [2.75, 3.05) is 32.2 Å². The van der Waals surface area contributed by atoms with Crippen LogP contribution in [0.5, 0.6) is 5.75 Å². The highest BCUT2D eigenvalue weighted by Gasteiger charge is 2.09. The number of fused-ring (bicyclic) bond motifs is 1. The smallest absolute Gasteiger partial charge is 0.411 e. The van der Waals surface area contributed by atoms with Crippen molar-refractivity contribution in [3.8, 4) is 17.0 Å². The lowest BCUT2D eigenvalue weighted by molar-refractivity contribution is 0.146. The number of anilines is 1. The predicted molar refractivity (Wildman–Crippen MR) is 109 cm³/mol. The molecule has 0 saturated heterocycles. The number of pyridine rings is 1. The van der Waals surface area contributed by atoms with Crippen LogP contribution in [0.1, 0.15) is 13.8 Å². The number of ether oxygens (including phenoxy) is 3. The van der Waals surface area contributed by atoms with Crippen molar-refractivity contribution < 1.29 is 19.0 Å². The Hall–Kier alpha value is -3.06. The fourth-order valence-corrected chi connectivity index (χ4v) is 2.63. The van der Waals surface area contributed by atoms with E-state index in [1.807, 2.05) is 50.2 Å². The molecule has 0 atom stereocenters. The summed E-state index contributed by atoms with van der Waals surface area (Å²) >= 11 is 0. The molecule has 28 heavy (non-hydrogen) atoms. The Kier molecular flexibility index (Phi) is 6.49. The summed E-state index contributed by atoms with van der Waals surface area (Å²) in [6.07, 6.45) is 1.12. The molecule has 0 fully saturated rings. The number of carbonyl (C=O) groups is 1. The van der Waals surface area contributed by atoms with Crippen molar-refractivity contribution in [2.45, 2.75) is 13.8 Å². The van der Waals surface area contributed by atoms with Gasteiger partial charge in [0.05, 0.1) is 25.1 Å². The molecule has 0 aliphatic carbocycles. The maximum absolute atomic E-state index is 11.8. The van der Waals surface area contributed by atoms with E-state index in [9.17, 15) is 4.79 Å². The lowest BCUT2D eigenvalue weighted by atomic mass is 10.1. The fraction of sp³-hybridized carbons (Fsp3) is 0.333. The van der Waals surface area contributed by atoms with E-state index in [0.717, 1.165) is 28.0 Å². The zero-order valence-electron chi connectivity index (χ0n) is 16.3. The number of nitrogens with zero attached hydrogens (tertiary/aromatic N) is 1. The Morgan fingerprint density at radius 3 is 2.86 bits per heavy atom. The second kappa shape index (κ2) is 9.23. The van der Waals surface area contributed by atoms with E-state index in [1.165, 1.54) is 0 Å². The van der Waals surface area contributed by atoms with Crippen molar-refractivity contribution in [1.29, 1.82) is 0 Å². The van der Waals surface area contributed by atoms with Crippen molar-refractivity contribution >= 4 is 22.8 Å². The van der Waals surface area contributed by atoms with Gasteiger partial charge in [0, 0.05) is 23.8 Å². The van der Waals surface area contributed by atoms with Gasteiger partial charge in [0.15, 0.2) is 0 Å². The highest BCUT2D eigenvalue weighted by Crippen LogP contribution is 2.27. The van der Waals surface area contributed by atoms with Gasteiger partial charge in [-0.15, -0.1) is 0 Å². The molecule has 0 aliphatic rings. The molecule has 2 N–H and O–H groups in total. The molecule has 2 heterocycles. The second-order valence-electron chi connectivity index (χ2n) is 6.83. The molecule has 0 radical (unpaired) electrons. The lowest BCUT2D eigenvalue weighted by Crippen LogP contribution is -2.16. The molecule has 1 aromatic carbocycles. The summed E-state index contributed by atoms with van der Waals surface area (Å²) in [4.78, 5) is 19.5. The van der Waals surface area contributed by atoms with Crippen LogP contribution in [-0.2, 0) is 9.47 Å². The zero-order chi connectivity index (χ0) is 19.9. The van der Waals surface area contributed by atoms with Gasteiger partial charge in [-0.05, 0) is 30.2 Å². The number of hydrogen-bond donors (Lipinski definition) is 2. The largest absolute Gasteiger partial charge is 0.491 e. The molecule has 0 spiro atoms. The topological polar surface area (TPSA) is 85.5 Å². The first-order chi connectivity index (χ1) is 13.5. The molecule has 3 aromatic rings. The van der Waals surface area contributed by atoms with E-state index in [-0.39, 0.29) is 5.92 Å². The average molecular weight is 383 g/mol. The summed E-state index contributed by atoms with van der Waals surface area (Å²) in [6, 6.07) is 11.7. The van der Waals surface area contributed by atoms with Crippen LogP contribution in [-0.4, -0.2) is 43.0 Å². The Bertz CT molecular complexity index is 936. The minimum absolute atomic E-state index is 0.285. The molecule has 148 valence electrons. The van der Waals surface area contributed by atoms with E-state index in [4.69, 9.17) is 14.2 Å². The zero-order valence-corrected chi connectivity index (χ0v) is 16.3. The molecule has 7 nitrogen and oxygen atoms in total. The third kappa shape index (κ3) is 5.23. The minimum Gasteiger partial charge on any atom is -0.491 e. The average Bonchev–Trinajstić information content (AvgIpc) is 3.10. The maximum atomic E-state index is 11.8. The number of hydrogen-bond acceptors (Lipinski definition) is 5. The van der Waals surface area contributed by atoms with E-state index < -0.39 is 6.09 Å². The van der Waals surface area contributed by atoms with E-state index >= 15 is 0 Å². The van der Waals surface area contributed by atoms with Crippen molar-refractivity contribution in [2.24, 2.45) is 5.92 Å². The molecular weight excluding hydrogens is 358 g/mol. The van der Waals surface area contributed by atoms with Gasteiger partial charge in [-0.2, -0.15) is 0 Å². The third-order valence-electron chi connectivity index (χ3n) is 3.97. The van der Waals surface area contributed by atoms with Crippen molar-refractivity contribution in [3.05, 3.63) is 42.6 Å². The number of aromatic nitrogens is 2. The summed E-state index contributed by atoms with van der Waals surface area (Å²) in [5.41, 5.74) is 3.23. The van der Waals surface area contributed by atoms with Gasteiger partial charge in [-0.3, -0.25) is 5.32 Å². The van der Waals surface area contributed by atoms with Gasteiger partial charge in [-0.25, -0.2) is 9.78 Å². The number of amides is 1. The summed E-state index contributed by atoms with van der Waals surface area (Å²) in [7, 11) is 1.64. The third-order valence-corrected chi connectivity index (χ3v) is 3.97. The van der Waals surface area contributed by atoms with Gasteiger partial charge in [0.25, 0.3) is 0 Å². The summed E-state index contributed by atoms with van der Waals surface area (Å²) in [5, 5.41) is 3.60. The minimum atomic E-state index is -0.480. The number of rotatable bonds is 8. The van der Waals surface area contributed by atoms with Gasteiger partial charge in [-0.1, -0.05) is 26.0 Å². The van der Waals surface area contributed by atoms with Crippen molar-refractivity contribution in [1.82, 2.24) is 9.97 Å². The van der Waals surface area contributed by atoms with Crippen LogP contribution < -0.4 is 10.1 Å². The summed E-state index contributed by atoms with van der Waals surface area (Å²) in [6.45, 7) is 5.38. The van der Waals surface area contributed by atoms with Gasteiger partial charge >= 0.3 is 6.09 Å². The number of benzene rings is 1. The number of H-pyrrole nitrogens is 1. The fourth-order valence-electron chi connectivity index (χ4n) is 2.63.